The van der Waals surface area contributed by atoms with Crippen LogP contribution in [0.25, 0.3) is 11.0 Å². The van der Waals surface area contributed by atoms with Crippen molar-refractivity contribution >= 4 is 16.9 Å². The number of rotatable bonds is 3. The third-order valence-electron chi connectivity index (χ3n) is 4.06. The summed E-state index contributed by atoms with van der Waals surface area (Å²) >= 11 is 0. The van der Waals surface area contributed by atoms with Crippen LogP contribution in [0.4, 0.5) is 0 Å². The zero-order valence-electron chi connectivity index (χ0n) is 12.2. The van der Waals surface area contributed by atoms with Crippen LogP contribution in [0.3, 0.4) is 0 Å². The molecule has 0 aromatic carbocycles. The molecule has 1 fully saturated rings. The van der Waals surface area contributed by atoms with Gasteiger partial charge >= 0.3 is 0 Å². The fourth-order valence-electron chi connectivity index (χ4n) is 2.98. The van der Waals surface area contributed by atoms with Crippen molar-refractivity contribution in [3.05, 3.63) is 11.9 Å². The topological polar surface area (TPSA) is 56.0 Å². The van der Waals surface area contributed by atoms with Gasteiger partial charge in [-0.15, -0.1) is 0 Å². The van der Waals surface area contributed by atoms with Crippen LogP contribution in [-0.4, -0.2) is 43.5 Å². The zero-order chi connectivity index (χ0) is 14.1. The first-order valence-electron chi connectivity index (χ1n) is 7.29. The van der Waals surface area contributed by atoms with Gasteiger partial charge in [-0.05, 0) is 26.2 Å². The number of carbonyl (C=O) groups is 1. The Bertz CT molecular complexity index is 621. The van der Waals surface area contributed by atoms with Crippen molar-refractivity contribution in [3.8, 4) is 0 Å². The summed E-state index contributed by atoms with van der Waals surface area (Å²) in [5.41, 5.74) is 3.03. The maximum absolute atomic E-state index is 12.2. The Labute approximate surface area is 118 Å². The molecule has 1 saturated heterocycles. The van der Waals surface area contributed by atoms with Gasteiger partial charge < -0.3 is 4.90 Å². The average Bonchev–Trinajstić information content (AvgIpc) is 3.00. The van der Waals surface area contributed by atoms with Crippen LogP contribution in [0.5, 0.6) is 0 Å². The lowest BCUT2D eigenvalue weighted by Crippen LogP contribution is -2.36. The lowest BCUT2D eigenvalue weighted by Gasteiger charge is -2.26. The van der Waals surface area contributed by atoms with Gasteiger partial charge in [-0.3, -0.25) is 14.2 Å². The predicted molar refractivity (Wildman–Crippen MR) is 76.3 cm³/mol. The highest BCUT2D eigenvalue weighted by molar-refractivity contribution is 5.78. The van der Waals surface area contributed by atoms with Gasteiger partial charge in [0.05, 0.1) is 18.4 Å². The number of likely N-dealkylation sites (tertiary alicyclic amines) is 1. The lowest BCUT2D eigenvalue weighted by atomic mass is 10.1. The summed E-state index contributed by atoms with van der Waals surface area (Å²) < 4.78 is 3.74. The van der Waals surface area contributed by atoms with E-state index in [9.17, 15) is 4.79 Å². The van der Waals surface area contributed by atoms with E-state index in [0.717, 1.165) is 42.7 Å². The van der Waals surface area contributed by atoms with E-state index >= 15 is 0 Å². The number of hydrogen-bond acceptors (Lipinski definition) is 3. The summed E-state index contributed by atoms with van der Waals surface area (Å²) in [4.78, 5) is 14.2. The van der Waals surface area contributed by atoms with Crippen LogP contribution >= 0.6 is 0 Å². The second-order valence-corrected chi connectivity index (χ2v) is 5.50. The van der Waals surface area contributed by atoms with E-state index < -0.39 is 0 Å². The van der Waals surface area contributed by atoms with Gasteiger partial charge in [0.2, 0.25) is 5.91 Å². The van der Waals surface area contributed by atoms with Crippen molar-refractivity contribution < 1.29 is 4.79 Å². The summed E-state index contributed by atoms with van der Waals surface area (Å²) in [6.07, 6.45) is 5.86. The summed E-state index contributed by atoms with van der Waals surface area (Å²) in [5.74, 6) is 0.245. The Hall–Kier alpha value is -1.85. The van der Waals surface area contributed by atoms with Crippen LogP contribution < -0.4 is 0 Å². The number of amides is 1. The van der Waals surface area contributed by atoms with Crippen molar-refractivity contribution in [1.29, 1.82) is 0 Å². The van der Waals surface area contributed by atoms with Crippen molar-refractivity contribution in [2.24, 2.45) is 7.05 Å². The third kappa shape index (κ3) is 2.30. The molecular weight excluding hydrogens is 254 g/mol. The minimum Gasteiger partial charge on any atom is -0.343 e. The van der Waals surface area contributed by atoms with Gasteiger partial charge in [-0.2, -0.15) is 10.2 Å². The Balaban J connectivity index is 1.69. The van der Waals surface area contributed by atoms with Crippen LogP contribution in [-0.2, 0) is 18.4 Å². The summed E-state index contributed by atoms with van der Waals surface area (Å²) in [7, 11) is 1.92. The highest BCUT2D eigenvalue weighted by Gasteiger charge is 2.17. The van der Waals surface area contributed by atoms with Gasteiger partial charge in [0.1, 0.15) is 11.0 Å². The largest absolute Gasteiger partial charge is 0.343 e. The minimum absolute atomic E-state index is 0.245. The Morgan fingerprint density at radius 2 is 2.05 bits per heavy atom. The molecule has 0 aliphatic carbocycles. The molecule has 0 atom stereocenters. The lowest BCUT2D eigenvalue weighted by molar-refractivity contribution is -0.132. The number of aromatic nitrogens is 4. The number of fused-ring (bicyclic) bond motifs is 1. The second-order valence-electron chi connectivity index (χ2n) is 5.50. The van der Waals surface area contributed by atoms with Gasteiger partial charge in [0.15, 0.2) is 0 Å². The standard InChI is InChI=1S/C14H21N5O/c1-11-14-12(17(2)16-11)10-15-19(14)9-6-13(20)18-7-4-3-5-8-18/h10H,3-9H2,1-2H3. The Morgan fingerprint density at radius 1 is 1.30 bits per heavy atom. The fourth-order valence-corrected chi connectivity index (χ4v) is 2.98. The smallest absolute Gasteiger partial charge is 0.224 e. The molecule has 2 aromatic rings. The Kier molecular flexibility index (Phi) is 3.46. The quantitative estimate of drug-likeness (QED) is 0.852. The molecule has 0 radical (unpaired) electrons. The number of carbonyl (C=O) groups excluding carboxylic acids is 1. The SMILES string of the molecule is Cc1nn(C)c2cnn(CCC(=O)N3CCCCC3)c12. The van der Waals surface area contributed by atoms with Crippen LogP contribution in [0.2, 0.25) is 0 Å². The molecule has 1 amide bonds. The minimum atomic E-state index is 0.245. The van der Waals surface area contributed by atoms with Crippen molar-refractivity contribution in [1.82, 2.24) is 24.5 Å². The third-order valence-corrected chi connectivity index (χ3v) is 4.06. The highest BCUT2D eigenvalue weighted by atomic mass is 16.2. The van der Waals surface area contributed by atoms with E-state index in [4.69, 9.17) is 0 Å². The van der Waals surface area contributed by atoms with Gasteiger partial charge in [0.25, 0.3) is 0 Å². The van der Waals surface area contributed by atoms with E-state index in [1.807, 2.05) is 34.4 Å². The first kappa shape index (κ1) is 13.1. The molecule has 6 nitrogen and oxygen atoms in total. The van der Waals surface area contributed by atoms with Crippen LogP contribution in [0, 0.1) is 6.92 Å². The molecule has 2 aromatic heterocycles. The molecule has 3 heterocycles. The maximum Gasteiger partial charge on any atom is 0.224 e. The summed E-state index contributed by atoms with van der Waals surface area (Å²) in [6.45, 7) is 4.44. The molecule has 6 heteroatoms. The molecule has 3 rings (SSSR count). The fraction of sp³-hybridized carbons (Fsp3) is 0.643. The summed E-state index contributed by atoms with van der Waals surface area (Å²) in [5, 5.41) is 8.77. The predicted octanol–water partition coefficient (Wildman–Crippen LogP) is 1.48. The van der Waals surface area contributed by atoms with E-state index in [1.54, 1.807) is 0 Å². The first-order valence-corrected chi connectivity index (χ1v) is 7.29. The number of aryl methyl sites for hydroxylation is 3. The van der Waals surface area contributed by atoms with Gasteiger partial charge in [-0.25, -0.2) is 0 Å². The summed E-state index contributed by atoms with van der Waals surface area (Å²) in [6, 6.07) is 0. The van der Waals surface area contributed by atoms with E-state index in [0.29, 0.717) is 13.0 Å². The average molecular weight is 275 g/mol. The van der Waals surface area contributed by atoms with E-state index in [-0.39, 0.29) is 5.91 Å². The monoisotopic (exact) mass is 275 g/mol. The zero-order valence-corrected chi connectivity index (χ0v) is 12.2. The second kappa shape index (κ2) is 5.26. The van der Waals surface area contributed by atoms with Crippen molar-refractivity contribution in [2.75, 3.05) is 13.1 Å². The van der Waals surface area contributed by atoms with Gasteiger partial charge in [0, 0.05) is 26.6 Å². The first-order chi connectivity index (χ1) is 9.66. The van der Waals surface area contributed by atoms with Crippen molar-refractivity contribution in [2.45, 2.75) is 39.2 Å². The highest BCUT2D eigenvalue weighted by Crippen LogP contribution is 2.17. The molecule has 0 spiro atoms. The maximum atomic E-state index is 12.2. The van der Waals surface area contributed by atoms with E-state index in [1.165, 1.54) is 6.42 Å². The molecular formula is C14H21N5O. The molecule has 20 heavy (non-hydrogen) atoms. The normalized spacial score (nSPS) is 16.0. The van der Waals surface area contributed by atoms with E-state index in [2.05, 4.69) is 10.2 Å². The number of piperidine rings is 1. The molecule has 0 saturated carbocycles. The molecule has 0 unspecified atom stereocenters. The number of nitrogens with zero attached hydrogens (tertiary/aromatic N) is 5. The molecule has 108 valence electrons. The molecule has 1 aliphatic heterocycles. The van der Waals surface area contributed by atoms with Crippen LogP contribution in [0.1, 0.15) is 31.4 Å². The molecule has 0 N–H and O–H groups in total. The molecule has 1 aliphatic rings. The van der Waals surface area contributed by atoms with Crippen molar-refractivity contribution in [3.63, 3.8) is 0 Å². The Morgan fingerprint density at radius 3 is 2.80 bits per heavy atom. The number of hydrogen-bond donors (Lipinski definition) is 0. The molecule has 0 bridgehead atoms. The van der Waals surface area contributed by atoms with Gasteiger partial charge in [-0.1, -0.05) is 0 Å². The van der Waals surface area contributed by atoms with Crippen LogP contribution in [0.15, 0.2) is 6.20 Å².